The Hall–Kier alpha value is -1.48. The molecular weight excluding hydrogens is 238 g/mol. The number of halogens is 1. The van der Waals surface area contributed by atoms with Gasteiger partial charge in [-0.05, 0) is 19.1 Å². The quantitative estimate of drug-likeness (QED) is 0.783. The molecule has 0 radical (unpaired) electrons. The molecule has 0 amide bonds. The van der Waals surface area contributed by atoms with Crippen LogP contribution in [0.4, 0.5) is 0 Å². The lowest BCUT2D eigenvalue weighted by Gasteiger charge is -2.14. The van der Waals surface area contributed by atoms with E-state index in [1.807, 2.05) is 42.0 Å². The molecule has 90 valence electrons. The van der Waals surface area contributed by atoms with Gasteiger partial charge in [-0.2, -0.15) is 0 Å². The molecule has 17 heavy (non-hydrogen) atoms. The van der Waals surface area contributed by atoms with Crippen molar-refractivity contribution in [2.24, 2.45) is 0 Å². The van der Waals surface area contributed by atoms with Gasteiger partial charge >= 0.3 is 5.97 Å². The maximum atomic E-state index is 11.3. The van der Waals surface area contributed by atoms with Crippen molar-refractivity contribution in [2.75, 3.05) is 7.11 Å². The second-order valence-corrected chi connectivity index (χ2v) is 4.44. The number of ether oxygens (including phenoxy) is 1. The smallest absolute Gasteiger partial charge is 0.307 e. The van der Waals surface area contributed by atoms with Crippen LogP contribution in [0.3, 0.4) is 0 Å². The van der Waals surface area contributed by atoms with E-state index in [4.69, 9.17) is 11.6 Å². The zero-order valence-electron chi connectivity index (χ0n) is 9.81. The predicted octanol–water partition coefficient (Wildman–Crippen LogP) is 3.42. The number of nitrogens with zero attached hydrogens (tertiary/aromatic N) is 1. The van der Waals surface area contributed by atoms with E-state index in [-0.39, 0.29) is 12.0 Å². The van der Waals surface area contributed by atoms with E-state index in [1.54, 1.807) is 0 Å². The van der Waals surface area contributed by atoms with Crippen molar-refractivity contribution >= 4 is 28.5 Å². The highest BCUT2D eigenvalue weighted by Gasteiger charge is 2.14. The Balaban J connectivity index is 2.38. The Morgan fingerprint density at radius 3 is 2.94 bits per heavy atom. The molecule has 3 nitrogen and oxygen atoms in total. The van der Waals surface area contributed by atoms with Crippen molar-refractivity contribution in [1.82, 2.24) is 4.57 Å². The highest BCUT2D eigenvalue weighted by atomic mass is 35.5. The summed E-state index contributed by atoms with van der Waals surface area (Å²) in [6, 6.07) is 7.79. The van der Waals surface area contributed by atoms with E-state index in [0.29, 0.717) is 11.4 Å². The topological polar surface area (TPSA) is 31.2 Å². The number of fused-ring (bicyclic) bond motifs is 1. The number of benzene rings is 1. The molecule has 1 aromatic carbocycles. The molecule has 1 unspecified atom stereocenters. The summed E-state index contributed by atoms with van der Waals surface area (Å²) in [4.78, 5) is 11.3. The van der Waals surface area contributed by atoms with Crippen LogP contribution in [0.5, 0.6) is 0 Å². The zero-order valence-corrected chi connectivity index (χ0v) is 10.6. The molecule has 4 heteroatoms. The Morgan fingerprint density at radius 1 is 1.47 bits per heavy atom. The number of aromatic nitrogens is 1. The number of carbonyl (C=O) groups excluding carboxylic acids is 1. The average Bonchev–Trinajstić information content (AvgIpc) is 2.74. The Kier molecular flexibility index (Phi) is 3.38. The van der Waals surface area contributed by atoms with Crippen molar-refractivity contribution < 1.29 is 9.53 Å². The summed E-state index contributed by atoms with van der Waals surface area (Å²) < 4.78 is 6.68. The minimum absolute atomic E-state index is 0.0276. The minimum atomic E-state index is -0.216. The van der Waals surface area contributed by atoms with Gasteiger partial charge in [0.15, 0.2) is 0 Å². The number of esters is 1. The van der Waals surface area contributed by atoms with E-state index in [2.05, 4.69) is 4.74 Å². The lowest BCUT2D eigenvalue weighted by molar-refractivity contribution is -0.141. The molecule has 0 saturated heterocycles. The molecule has 1 aromatic heterocycles. The first-order valence-corrected chi connectivity index (χ1v) is 5.83. The number of hydrogen-bond acceptors (Lipinski definition) is 2. The summed E-state index contributed by atoms with van der Waals surface area (Å²) >= 11 is 6.18. The van der Waals surface area contributed by atoms with Gasteiger partial charge in [-0.3, -0.25) is 4.79 Å². The first-order chi connectivity index (χ1) is 8.13. The summed E-state index contributed by atoms with van der Waals surface area (Å²) in [7, 11) is 1.40. The van der Waals surface area contributed by atoms with Gasteiger partial charge in [0.1, 0.15) is 0 Å². The second kappa shape index (κ2) is 4.80. The Bertz CT molecular complexity index is 547. The highest BCUT2D eigenvalue weighted by Crippen LogP contribution is 2.28. The molecule has 0 N–H and O–H groups in total. The summed E-state index contributed by atoms with van der Waals surface area (Å²) in [5.41, 5.74) is 0.963. The van der Waals surface area contributed by atoms with Gasteiger partial charge in [0.05, 0.1) is 24.1 Å². The normalized spacial score (nSPS) is 12.6. The molecule has 2 aromatic rings. The monoisotopic (exact) mass is 251 g/mol. The van der Waals surface area contributed by atoms with Gasteiger partial charge in [-0.25, -0.2) is 0 Å². The van der Waals surface area contributed by atoms with Crippen LogP contribution in [0.25, 0.3) is 10.9 Å². The number of para-hydroxylation sites is 1. The molecule has 0 bridgehead atoms. The van der Waals surface area contributed by atoms with Gasteiger partial charge in [0.2, 0.25) is 0 Å². The lowest BCUT2D eigenvalue weighted by atomic mass is 10.2. The van der Waals surface area contributed by atoms with Crippen LogP contribution in [0.15, 0.2) is 30.5 Å². The van der Waals surface area contributed by atoms with Crippen LogP contribution in [-0.2, 0) is 9.53 Å². The molecule has 0 aliphatic heterocycles. The van der Waals surface area contributed by atoms with Crippen molar-refractivity contribution in [3.63, 3.8) is 0 Å². The van der Waals surface area contributed by atoms with E-state index in [9.17, 15) is 4.79 Å². The SMILES string of the molecule is COC(=O)CC(C)n1ccc2cccc(Cl)c21. The van der Waals surface area contributed by atoms with E-state index in [0.717, 1.165) is 10.9 Å². The number of hydrogen-bond donors (Lipinski definition) is 0. The van der Waals surface area contributed by atoms with E-state index in [1.165, 1.54) is 7.11 Å². The molecule has 1 atom stereocenters. The summed E-state index contributed by atoms with van der Waals surface area (Å²) in [5.74, 6) is -0.216. The minimum Gasteiger partial charge on any atom is -0.469 e. The molecule has 0 aliphatic carbocycles. The first kappa shape index (κ1) is 12.0. The average molecular weight is 252 g/mol. The van der Waals surface area contributed by atoms with Crippen LogP contribution in [-0.4, -0.2) is 17.6 Å². The van der Waals surface area contributed by atoms with E-state index < -0.39 is 0 Å². The Morgan fingerprint density at radius 2 is 2.24 bits per heavy atom. The zero-order chi connectivity index (χ0) is 12.4. The predicted molar refractivity (Wildman–Crippen MR) is 68.3 cm³/mol. The number of methoxy groups -OCH3 is 1. The fraction of sp³-hybridized carbons (Fsp3) is 0.308. The molecule has 2 rings (SSSR count). The molecule has 0 fully saturated rings. The highest BCUT2D eigenvalue weighted by molar-refractivity contribution is 6.35. The maximum absolute atomic E-state index is 11.3. The molecule has 1 heterocycles. The molecule has 0 aliphatic rings. The van der Waals surface area contributed by atoms with Crippen LogP contribution >= 0.6 is 11.6 Å². The van der Waals surface area contributed by atoms with Gasteiger partial charge in [0.25, 0.3) is 0 Å². The van der Waals surface area contributed by atoms with Crippen LogP contribution < -0.4 is 0 Å². The standard InChI is InChI=1S/C13H14ClNO2/c1-9(8-12(16)17-2)15-7-6-10-4-3-5-11(14)13(10)15/h3-7,9H,8H2,1-2H3. The van der Waals surface area contributed by atoms with Gasteiger partial charge in [-0.1, -0.05) is 23.7 Å². The fourth-order valence-corrected chi connectivity index (χ4v) is 2.24. The first-order valence-electron chi connectivity index (χ1n) is 5.45. The number of carbonyl (C=O) groups is 1. The molecule has 0 saturated carbocycles. The third-order valence-electron chi connectivity index (χ3n) is 2.86. The van der Waals surface area contributed by atoms with Crippen molar-refractivity contribution in [1.29, 1.82) is 0 Å². The fourth-order valence-electron chi connectivity index (χ4n) is 1.96. The van der Waals surface area contributed by atoms with Crippen molar-refractivity contribution in [2.45, 2.75) is 19.4 Å². The van der Waals surface area contributed by atoms with Crippen LogP contribution in [0, 0.1) is 0 Å². The number of rotatable bonds is 3. The van der Waals surface area contributed by atoms with Crippen LogP contribution in [0.2, 0.25) is 5.02 Å². The Labute approximate surface area is 105 Å². The maximum Gasteiger partial charge on any atom is 0.307 e. The van der Waals surface area contributed by atoms with E-state index >= 15 is 0 Å². The van der Waals surface area contributed by atoms with Crippen molar-refractivity contribution in [3.8, 4) is 0 Å². The summed E-state index contributed by atoms with van der Waals surface area (Å²) in [6.45, 7) is 1.97. The largest absolute Gasteiger partial charge is 0.469 e. The van der Waals surface area contributed by atoms with Gasteiger partial charge in [0, 0.05) is 17.6 Å². The third kappa shape index (κ3) is 2.29. The van der Waals surface area contributed by atoms with Crippen molar-refractivity contribution in [3.05, 3.63) is 35.5 Å². The molecule has 0 spiro atoms. The van der Waals surface area contributed by atoms with Gasteiger partial charge in [-0.15, -0.1) is 0 Å². The summed E-state index contributed by atoms with van der Waals surface area (Å²) in [6.07, 6.45) is 2.29. The second-order valence-electron chi connectivity index (χ2n) is 4.03. The molecular formula is C13H14ClNO2. The third-order valence-corrected chi connectivity index (χ3v) is 3.16. The van der Waals surface area contributed by atoms with Crippen LogP contribution in [0.1, 0.15) is 19.4 Å². The van der Waals surface area contributed by atoms with Gasteiger partial charge < -0.3 is 9.30 Å². The summed E-state index contributed by atoms with van der Waals surface area (Å²) in [5, 5.41) is 1.78. The lowest BCUT2D eigenvalue weighted by Crippen LogP contribution is -2.11.